The molecule has 3 aromatic rings. The van der Waals surface area contributed by atoms with Gasteiger partial charge in [-0.15, -0.1) is 0 Å². The zero-order valence-corrected chi connectivity index (χ0v) is 14.0. The Morgan fingerprint density at radius 1 is 1.16 bits per heavy atom. The second-order valence-corrected chi connectivity index (χ2v) is 6.09. The minimum atomic E-state index is -0.129. The molecular formula is C17H13ClN6O. The number of aromatic nitrogens is 4. The third-order valence-corrected chi connectivity index (χ3v) is 3.98. The van der Waals surface area contributed by atoms with Gasteiger partial charge in [0.1, 0.15) is 0 Å². The third kappa shape index (κ3) is 3.14. The highest BCUT2D eigenvalue weighted by atomic mass is 35.5. The standard InChI is InChI=1S/C17H13ClN6O/c1-9-6-20-14(8-19-9)23-17-21-7-10-4-15(25)22-13-5-11(18)2-3-12(13)16(10)24-17/h2-3,5-8H,4H2,1H3,(H,22,25)(H,20,21,23,24). The monoisotopic (exact) mass is 352 g/mol. The van der Waals surface area contributed by atoms with E-state index in [4.69, 9.17) is 11.6 Å². The van der Waals surface area contributed by atoms with Crippen LogP contribution >= 0.6 is 11.6 Å². The highest BCUT2D eigenvalue weighted by molar-refractivity contribution is 6.31. The van der Waals surface area contributed by atoms with Crippen LogP contribution in [0.25, 0.3) is 11.3 Å². The van der Waals surface area contributed by atoms with E-state index in [-0.39, 0.29) is 12.3 Å². The molecule has 0 radical (unpaired) electrons. The van der Waals surface area contributed by atoms with Crippen LogP contribution in [-0.2, 0) is 11.2 Å². The molecule has 0 fully saturated rings. The summed E-state index contributed by atoms with van der Waals surface area (Å²) in [5.41, 5.74) is 3.69. The van der Waals surface area contributed by atoms with Gasteiger partial charge in [-0.1, -0.05) is 11.6 Å². The van der Waals surface area contributed by atoms with Gasteiger partial charge in [0.05, 0.1) is 35.9 Å². The molecule has 4 rings (SSSR count). The van der Waals surface area contributed by atoms with E-state index in [0.29, 0.717) is 28.2 Å². The lowest BCUT2D eigenvalue weighted by Gasteiger charge is -2.10. The van der Waals surface area contributed by atoms with Gasteiger partial charge in [-0.2, -0.15) is 0 Å². The maximum absolute atomic E-state index is 12.1. The number of halogens is 1. The van der Waals surface area contributed by atoms with Crippen molar-refractivity contribution >= 4 is 35.0 Å². The van der Waals surface area contributed by atoms with E-state index >= 15 is 0 Å². The Bertz CT molecular complexity index is 973. The number of carbonyl (C=O) groups is 1. The number of hydrogen-bond acceptors (Lipinski definition) is 6. The predicted octanol–water partition coefficient (Wildman–Crippen LogP) is 3.13. The second kappa shape index (κ2) is 6.10. The van der Waals surface area contributed by atoms with Gasteiger partial charge in [0.15, 0.2) is 5.82 Å². The lowest BCUT2D eigenvalue weighted by atomic mass is 10.1. The summed E-state index contributed by atoms with van der Waals surface area (Å²) in [5, 5.41) is 6.43. The maximum atomic E-state index is 12.1. The molecule has 1 aliphatic rings. The summed E-state index contributed by atoms with van der Waals surface area (Å²) >= 11 is 6.04. The molecule has 3 heterocycles. The number of nitrogens with one attached hydrogen (secondary N) is 2. The summed E-state index contributed by atoms with van der Waals surface area (Å²) < 4.78 is 0. The first kappa shape index (κ1) is 15.5. The Labute approximate surface area is 148 Å². The molecule has 0 saturated heterocycles. The summed E-state index contributed by atoms with van der Waals surface area (Å²) in [5.74, 6) is 0.799. The normalized spacial score (nSPS) is 12.6. The van der Waals surface area contributed by atoms with Gasteiger partial charge in [0.25, 0.3) is 0 Å². The van der Waals surface area contributed by atoms with Crippen LogP contribution in [0.15, 0.2) is 36.8 Å². The highest BCUT2D eigenvalue weighted by Crippen LogP contribution is 2.34. The summed E-state index contributed by atoms with van der Waals surface area (Å²) in [7, 11) is 0. The van der Waals surface area contributed by atoms with Gasteiger partial charge < -0.3 is 10.6 Å². The van der Waals surface area contributed by atoms with Gasteiger partial charge in [-0.05, 0) is 25.1 Å². The van der Waals surface area contributed by atoms with Crippen molar-refractivity contribution in [1.82, 2.24) is 19.9 Å². The number of nitrogens with zero attached hydrogens (tertiary/aromatic N) is 4. The summed E-state index contributed by atoms with van der Waals surface area (Å²) in [6.45, 7) is 1.86. The first-order chi connectivity index (χ1) is 12.1. The van der Waals surface area contributed by atoms with Crippen LogP contribution < -0.4 is 10.6 Å². The molecule has 0 saturated carbocycles. The van der Waals surface area contributed by atoms with E-state index in [0.717, 1.165) is 16.8 Å². The molecule has 1 aromatic carbocycles. The molecule has 25 heavy (non-hydrogen) atoms. The van der Waals surface area contributed by atoms with Crippen molar-refractivity contribution in [1.29, 1.82) is 0 Å². The minimum Gasteiger partial charge on any atom is -0.325 e. The van der Waals surface area contributed by atoms with E-state index in [2.05, 4.69) is 30.6 Å². The fourth-order valence-corrected chi connectivity index (χ4v) is 2.77. The average molecular weight is 353 g/mol. The zero-order chi connectivity index (χ0) is 17.4. The van der Waals surface area contributed by atoms with Crippen LogP contribution in [0.1, 0.15) is 11.3 Å². The van der Waals surface area contributed by atoms with Crippen LogP contribution in [0, 0.1) is 6.92 Å². The number of fused-ring (bicyclic) bond motifs is 3. The van der Waals surface area contributed by atoms with Crippen molar-refractivity contribution < 1.29 is 4.79 Å². The summed E-state index contributed by atoms with van der Waals surface area (Å²) in [4.78, 5) is 29.4. The van der Waals surface area contributed by atoms with Crippen LogP contribution in [0.5, 0.6) is 0 Å². The summed E-state index contributed by atoms with van der Waals surface area (Å²) in [6.07, 6.45) is 5.12. The summed E-state index contributed by atoms with van der Waals surface area (Å²) in [6, 6.07) is 5.32. The Balaban J connectivity index is 1.77. The lowest BCUT2D eigenvalue weighted by Crippen LogP contribution is -2.12. The van der Waals surface area contributed by atoms with Crippen molar-refractivity contribution in [3.05, 3.63) is 53.1 Å². The average Bonchev–Trinajstić information content (AvgIpc) is 2.71. The molecule has 124 valence electrons. The molecule has 8 heteroatoms. The Morgan fingerprint density at radius 3 is 2.84 bits per heavy atom. The topological polar surface area (TPSA) is 92.7 Å². The Morgan fingerprint density at radius 2 is 2.04 bits per heavy atom. The maximum Gasteiger partial charge on any atom is 0.228 e. The first-order valence-electron chi connectivity index (χ1n) is 7.60. The molecule has 0 spiro atoms. The molecule has 2 N–H and O–H groups in total. The molecule has 2 aromatic heterocycles. The van der Waals surface area contributed by atoms with Gasteiger partial charge in [0, 0.05) is 22.3 Å². The lowest BCUT2D eigenvalue weighted by molar-refractivity contribution is -0.115. The van der Waals surface area contributed by atoms with Crippen LogP contribution in [-0.4, -0.2) is 25.8 Å². The molecule has 0 bridgehead atoms. The first-order valence-corrected chi connectivity index (χ1v) is 7.97. The largest absolute Gasteiger partial charge is 0.325 e. The molecule has 1 aliphatic heterocycles. The third-order valence-electron chi connectivity index (χ3n) is 3.75. The fraction of sp³-hybridized carbons (Fsp3) is 0.118. The molecular weight excluding hydrogens is 340 g/mol. The second-order valence-electron chi connectivity index (χ2n) is 5.65. The minimum absolute atomic E-state index is 0.129. The van der Waals surface area contributed by atoms with Crippen LogP contribution in [0.2, 0.25) is 5.02 Å². The van der Waals surface area contributed by atoms with E-state index in [9.17, 15) is 4.79 Å². The molecule has 0 atom stereocenters. The number of aryl methyl sites for hydroxylation is 1. The quantitative estimate of drug-likeness (QED) is 0.736. The number of amides is 1. The number of hydrogen-bond donors (Lipinski definition) is 2. The van der Waals surface area contributed by atoms with E-state index in [1.54, 1.807) is 30.7 Å². The van der Waals surface area contributed by atoms with Gasteiger partial charge in [-0.25, -0.2) is 15.0 Å². The van der Waals surface area contributed by atoms with E-state index in [1.165, 1.54) is 0 Å². The van der Waals surface area contributed by atoms with Crippen molar-refractivity contribution in [3.63, 3.8) is 0 Å². The highest BCUT2D eigenvalue weighted by Gasteiger charge is 2.21. The van der Waals surface area contributed by atoms with Crippen LogP contribution in [0.3, 0.4) is 0 Å². The van der Waals surface area contributed by atoms with E-state index < -0.39 is 0 Å². The van der Waals surface area contributed by atoms with Crippen molar-refractivity contribution in [3.8, 4) is 11.3 Å². The smallest absolute Gasteiger partial charge is 0.228 e. The van der Waals surface area contributed by atoms with Crippen molar-refractivity contribution in [2.45, 2.75) is 13.3 Å². The van der Waals surface area contributed by atoms with Crippen molar-refractivity contribution in [2.75, 3.05) is 10.6 Å². The van der Waals surface area contributed by atoms with E-state index in [1.807, 2.05) is 13.0 Å². The number of rotatable bonds is 2. The number of benzene rings is 1. The molecule has 7 nitrogen and oxygen atoms in total. The van der Waals surface area contributed by atoms with Gasteiger partial charge >= 0.3 is 0 Å². The molecule has 0 unspecified atom stereocenters. The van der Waals surface area contributed by atoms with Crippen LogP contribution in [0.4, 0.5) is 17.5 Å². The Hall–Kier alpha value is -3.06. The number of anilines is 3. The molecule has 1 amide bonds. The predicted molar refractivity (Wildman–Crippen MR) is 94.9 cm³/mol. The number of carbonyl (C=O) groups excluding carboxylic acids is 1. The fourth-order valence-electron chi connectivity index (χ4n) is 2.60. The zero-order valence-electron chi connectivity index (χ0n) is 13.2. The molecule has 0 aliphatic carbocycles. The SMILES string of the molecule is Cc1cnc(Nc2ncc3c(n2)-c2ccc(Cl)cc2NC(=O)C3)cn1. The van der Waals surface area contributed by atoms with Gasteiger partial charge in [-0.3, -0.25) is 9.78 Å². The van der Waals surface area contributed by atoms with Gasteiger partial charge in [0.2, 0.25) is 11.9 Å². The van der Waals surface area contributed by atoms with Crippen molar-refractivity contribution in [2.24, 2.45) is 0 Å². The Kier molecular flexibility index (Phi) is 3.77.